The van der Waals surface area contributed by atoms with E-state index in [2.05, 4.69) is 15.0 Å². The maximum atomic E-state index is 14.1. The second kappa shape index (κ2) is 8.42. The fourth-order valence-corrected chi connectivity index (χ4v) is 2.01. The summed E-state index contributed by atoms with van der Waals surface area (Å²) in [6, 6.07) is 4.26. The highest BCUT2D eigenvalue weighted by atomic mass is 19.4. The molecule has 11 heteroatoms. The van der Waals surface area contributed by atoms with Crippen LogP contribution in [0.5, 0.6) is 0 Å². The number of nitrogens with one attached hydrogen (secondary N) is 1. The van der Waals surface area contributed by atoms with Crippen molar-refractivity contribution >= 4 is 5.91 Å². The van der Waals surface area contributed by atoms with Gasteiger partial charge in [-0.25, -0.2) is 9.37 Å². The van der Waals surface area contributed by atoms with Crippen LogP contribution < -0.4 is 5.32 Å². The Kier molecular flexibility index (Phi) is 6.47. The van der Waals surface area contributed by atoms with Gasteiger partial charge in [0.05, 0.1) is 18.6 Å². The van der Waals surface area contributed by atoms with Gasteiger partial charge in [0.2, 0.25) is 5.91 Å². The number of amides is 1. The van der Waals surface area contributed by atoms with E-state index in [0.717, 1.165) is 0 Å². The Morgan fingerprint density at radius 3 is 2.56 bits per heavy atom. The van der Waals surface area contributed by atoms with Crippen LogP contribution in [0, 0.1) is 5.82 Å². The summed E-state index contributed by atoms with van der Waals surface area (Å²) >= 11 is 0. The summed E-state index contributed by atoms with van der Waals surface area (Å²) in [6.45, 7) is -2.51. The number of carbonyl (C=O) groups excluding carboxylic acids is 1. The molecule has 0 saturated heterocycles. The molecule has 2 aromatic rings. The largest absolute Gasteiger partial charge is 0.455 e. The molecule has 27 heavy (non-hydrogen) atoms. The standard InChI is InChI=1S/C16H15F6N3O2/c17-12-7-11(1-2-13(12)25-5-4-23-10-25)8-24-14(26)3-6-27-9-15(18,19)16(20,21)22/h1-2,4-5,7,10H,3,6,8-9H2,(H,24,26). The van der Waals surface area contributed by atoms with Gasteiger partial charge < -0.3 is 14.6 Å². The third-order valence-corrected chi connectivity index (χ3v) is 3.46. The zero-order chi connectivity index (χ0) is 20.1. The summed E-state index contributed by atoms with van der Waals surface area (Å²) in [7, 11) is 0. The Morgan fingerprint density at radius 2 is 1.96 bits per heavy atom. The second-order valence-corrected chi connectivity index (χ2v) is 5.54. The van der Waals surface area contributed by atoms with Crippen molar-refractivity contribution in [3.8, 4) is 5.69 Å². The predicted octanol–water partition coefficient (Wildman–Crippen LogP) is 3.23. The number of ether oxygens (including phenoxy) is 1. The van der Waals surface area contributed by atoms with Crippen LogP contribution in [0.25, 0.3) is 5.69 Å². The lowest BCUT2D eigenvalue weighted by Gasteiger charge is -2.19. The number of benzene rings is 1. The predicted molar refractivity (Wildman–Crippen MR) is 81.8 cm³/mol. The molecule has 0 aliphatic rings. The van der Waals surface area contributed by atoms with Crippen LogP contribution >= 0.6 is 0 Å². The topological polar surface area (TPSA) is 56.1 Å². The molecule has 2 rings (SSSR count). The van der Waals surface area contributed by atoms with Crippen molar-refractivity contribution in [1.29, 1.82) is 0 Å². The SMILES string of the molecule is O=C(CCOCC(F)(F)C(F)(F)F)NCc1ccc(-n2ccnc2)c(F)c1. The van der Waals surface area contributed by atoms with Crippen molar-refractivity contribution in [3.63, 3.8) is 0 Å². The molecular formula is C16H15F6N3O2. The molecule has 1 N–H and O–H groups in total. The van der Waals surface area contributed by atoms with E-state index in [-0.39, 0.29) is 12.2 Å². The van der Waals surface area contributed by atoms with Gasteiger partial charge in [0.25, 0.3) is 0 Å². The maximum Gasteiger partial charge on any atom is 0.455 e. The van der Waals surface area contributed by atoms with Crippen molar-refractivity contribution in [3.05, 3.63) is 48.3 Å². The minimum atomic E-state index is -5.71. The molecule has 1 heterocycles. The van der Waals surface area contributed by atoms with Gasteiger partial charge >= 0.3 is 12.1 Å². The fraction of sp³-hybridized carbons (Fsp3) is 0.375. The van der Waals surface area contributed by atoms with Gasteiger partial charge in [-0.1, -0.05) is 6.07 Å². The van der Waals surface area contributed by atoms with E-state index in [1.54, 1.807) is 12.3 Å². The molecule has 0 aliphatic heterocycles. The molecule has 148 valence electrons. The average molecular weight is 395 g/mol. The van der Waals surface area contributed by atoms with Gasteiger partial charge in [0, 0.05) is 25.4 Å². The fourth-order valence-electron chi connectivity index (χ4n) is 2.01. The number of alkyl halides is 5. The third kappa shape index (κ3) is 5.71. The molecule has 1 aromatic carbocycles. The third-order valence-electron chi connectivity index (χ3n) is 3.46. The van der Waals surface area contributed by atoms with Crippen molar-refractivity contribution in [1.82, 2.24) is 14.9 Å². The molecule has 0 spiro atoms. The van der Waals surface area contributed by atoms with Crippen molar-refractivity contribution in [2.24, 2.45) is 0 Å². The number of rotatable bonds is 8. The van der Waals surface area contributed by atoms with E-state index in [1.165, 1.54) is 29.2 Å². The lowest BCUT2D eigenvalue weighted by Crippen LogP contribution is -2.41. The summed E-state index contributed by atoms with van der Waals surface area (Å²) in [6.07, 6.45) is -1.66. The van der Waals surface area contributed by atoms with Crippen LogP contribution in [0.15, 0.2) is 36.9 Å². The molecule has 0 fully saturated rings. The first-order chi connectivity index (χ1) is 12.6. The van der Waals surface area contributed by atoms with Crippen LogP contribution in [0.3, 0.4) is 0 Å². The number of nitrogens with zero attached hydrogens (tertiary/aromatic N) is 2. The summed E-state index contributed by atoms with van der Waals surface area (Å²) in [4.78, 5) is 15.4. The van der Waals surface area contributed by atoms with E-state index in [9.17, 15) is 31.1 Å². The summed E-state index contributed by atoms with van der Waals surface area (Å²) in [5.74, 6) is -6.15. The number of imidazole rings is 1. The highest BCUT2D eigenvalue weighted by Crippen LogP contribution is 2.35. The molecule has 0 aliphatic carbocycles. The average Bonchev–Trinajstić information content (AvgIpc) is 3.10. The molecule has 0 unspecified atom stereocenters. The van der Waals surface area contributed by atoms with Gasteiger partial charge in [-0.2, -0.15) is 22.0 Å². The Bertz CT molecular complexity index is 762. The lowest BCUT2D eigenvalue weighted by molar-refractivity contribution is -0.296. The number of hydrogen-bond donors (Lipinski definition) is 1. The Morgan fingerprint density at radius 1 is 1.22 bits per heavy atom. The van der Waals surface area contributed by atoms with Crippen molar-refractivity contribution in [2.45, 2.75) is 25.1 Å². The molecular weight excluding hydrogens is 380 g/mol. The quantitative estimate of drug-likeness (QED) is 0.552. The maximum absolute atomic E-state index is 14.1. The van der Waals surface area contributed by atoms with Crippen LogP contribution in [0.4, 0.5) is 26.3 Å². The molecule has 0 saturated carbocycles. The van der Waals surface area contributed by atoms with Gasteiger partial charge in [-0.15, -0.1) is 0 Å². The van der Waals surface area contributed by atoms with E-state index in [1.807, 2.05) is 0 Å². The summed E-state index contributed by atoms with van der Waals surface area (Å²) in [5.41, 5.74) is 0.704. The number of carbonyl (C=O) groups is 1. The second-order valence-electron chi connectivity index (χ2n) is 5.54. The van der Waals surface area contributed by atoms with Gasteiger partial charge in [-0.05, 0) is 17.7 Å². The number of halogens is 6. The van der Waals surface area contributed by atoms with Crippen LogP contribution in [-0.4, -0.2) is 40.8 Å². The van der Waals surface area contributed by atoms with Gasteiger partial charge in [0.15, 0.2) is 0 Å². The molecule has 0 radical (unpaired) electrons. The molecule has 5 nitrogen and oxygen atoms in total. The Balaban J connectivity index is 1.75. The van der Waals surface area contributed by atoms with E-state index < -0.39 is 43.5 Å². The van der Waals surface area contributed by atoms with Gasteiger partial charge in [0.1, 0.15) is 12.4 Å². The van der Waals surface area contributed by atoms with E-state index in [4.69, 9.17) is 0 Å². The molecule has 0 atom stereocenters. The first-order valence-electron chi connectivity index (χ1n) is 7.66. The Labute approximate surface area is 150 Å². The van der Waals surface area contributed by atoms with Crippen LogP contribution in [0.2, 0.25) is 0 Å². The van der Waals surface area contributed by atoms with Gasteiger partial charge in [-0.3, -0.25) is 4.79 Å². The highest BCUT2D eigenvalue weighted by molar-refractivity contribution is 5.75. The minimum Gasteiger partial charge on any atom is -0.374 e. The molecule has 1 amide bonds. The van der Waals surface area contributed by atoms with E-state index in [0.29, 0.717) is 5.56 Å². The van der Waals surface area contributed by atoms with Crippen LogP contribution in [0.1, 0.15) is 12.0 Å². The minimum absolute atomic E-state index is 0.0430. The molecule has 1 aromatic heterocycles. The molecule has 0 bridgehead atoms. The summed E-state index contributed by atoms with van der Waals surface area (Å²) < 4.78 is 80.7. The van der Waals surface area contributed by atoms with Crippen molar-refractivity contribution in [2.75, 3.05) is 13.2 Å². The van der Waals surface area contributed by atoms with E-state index >= 15 is 0 Å². The smallest absolute Gasteiger partial charge is 0.374 e. The number of aromatic nitrogens is 2. The normalized spacial score (nSPS) is 12.2. The highest BCUT2D eigenvalue weighted by Gasteiger charge is 2.57. The van der Waals surface area contributed by atoms with Crippen molar-refractivity contribution < 1.29 is 35.9 Å². The first kappa shape index (κ1) is 20.7. The first-order valence-corrected chi connectivity index (χ1v) is 7.66. The summed E-state index contributed by atoms with van der Waals surface area (Å²) in [5, 5.41) is 2.39. The number of hydrogen-bond acceptors (Lipinski definition) is 3. The lowest BCUT2D eigenvalue weighted by atomic mass is 10.2. The Hall–Kier alpha value is -2.56. The zero-order valence-corrected chi connectivity index (χ0v) is 13.8. The monoisotopic (exact) mass is 395 g/mol. The van der Waals surface area contributed by atoms with Crippen LogP contribution in [-0.2, 0) is 16.1 Å². The zero-order valence-electron chi connectivity index (χ0n) is 13.8.